The van der Waals surface area contributed by atoms with Gasteiger partial charge in [0.1, 0.15) is 11.5 Å². The van der Waals surface area contributed by atoms with Gasteiger partial charge in [-0.1, -0.05) is 6.07 Å². The van der Waals surface area contributed by atoms with Crippen molar-refractivity contribution >= 4 is 27.5 Å². The molecule has 0 spiro atoms. The van der Waals surface area contributed by atoms with Crippen molar-refractivity contribution in [2.45, 2.75) is 6.92 Å². The minimum absolute atomic E-state index is 0.301. The van der Waals surface area contributed by atoms with Crippen LogP contribution in [0, 0.1) is 12.7 Å². The number of hydrogen-bond donors (Lipinski definition) is 2. The lowest BCUT2D eigenvalue weighted by atomic mass is 10.2. The zero-order valence-corrected chi connectivity index (χ0v) is 10.6. The van der Waals surface area contributed by atoms with Crippen LogP contribution in [0.5, 0.6) is 0 Å². The number of nitrogens with one attached hydrogen (secondary N) is 2. The molecule has 0 aliphatic carbocycles. The number of benzene rings is 1. The Labute approximate surface area is 106 Å². The molecule has 0 fully saturated rings. The smallest absolute Gasteiger partial charge is 0.272 e. The summed E-state index contributed by atoms with van der Waals surface area (Å²) in [5, 5.41) is 2.65. The molecule has 0 bridgehead atoms. The quantitative estimate of drug-likeness (QED) is 0.876. The van der Waals surface area contributed by atoms with Gasteiger partial charge >= 0.3 is 0 Å². The fourth-order valence-corrected chi connectivity index (χ4v) is 1.76. The Balaban J connectivity index is 2.21. The molecule has 0 unspecified atom stereocenters. The molecule has 3 nitrogen and oxygen atoms in total. The highest BCUT2D eigenvalue weighted by Gasteiger charge is 2.10. The maximum atomic E-state index is 13.0. The van der Waals surface area contributed by atoms with Crippen molar-refractivity contribution < 1.29 is 9.18 Å². The third-order valence-electron chi connectivity index (χ3n) is 2.34. The topological polar surface area (TPSA) is 44.9 Å². The molecule has 0 atom stereocenters. The molecule has 1 heterocycles. The van der Waals surface area contributed by atoms with Crippen LogP contribution in [0.25, 0.3) is 0 Å². The molecular formula is C12H10BrFN2O. The number of amides is 1. The summed E-state index contributed by atoms with van der Waals surface area (Å²) < 4.78 is 13.8. The average molecular weight is 297 g/mol. The molecule has 0 aliphatic heterocycles. The summed E-state index contributed by atoms with van der Waals surface area (Å²) in [6, 6.07) is 5.93. The average Bonchev–Trinajstić information content (AvgIpc) is 2.70. The summed E-state index contributed by atoms with van der Waals surface area (Å²) in [5.74, 6) is -0.678. The number of aryl methyl sites for hydroxylation is 1. The van der Waals surface area contributed by atoms with E-state index < -0.39 is 0 Å². The van der Waals surface area contributed by atoms with Crippen LogP contribution in [0.2, 0.25) is 0 Å². The van der Waals surface area contributed by atoms with E-state index in [1.54, 1.807) is 25.3 Å². The van der Waals surface area contributed by atoms with Crippen molar-refractivity contribution in [3.63, 3.8) is 0 Å². The number of halogens is 2. The molecule has 0 aliphatic rings. The van der Waals surface area contributed by atoms with Crippen LogP contribution in [0.1, 0.15) is 16.1 Å². The van der Waals surface area contributed by atoms with Crippen LogP contribution in [0.15, 0.2) is 34.9 Å². The van der Waals surface area contributed by atoms with E-state index >= 15 is 0 Å². The number of carbonyl (C=O) groups is 1. The van der Waals surface area contributed by atoms with Crippen molar-refractivity contribution in [1.82, 2.24) is 4.98 Å². The van der Waals surface area contributed by atoms with Crippen LogP contribution >= 0.6 is 15.9 Å². The zero-order chi connectivity index (χ0) is 12.4. The molecule has 1 aromatic carbocycles. The number of rotatable bonds is 2. The fraction of sp³-hybridized carbons (Fsp3) is 0.0833. The van der Waals surface area contributed by atoms with E-state index in [4.69, 9.17) is 0 Å². The first-order chi connectivity index (χ1) is 8.06. The monoisotopic (exact) mass is 296 g/mol. The minimum atomic E-state index is -0.376. The Morgan fingerprint density at radius 2 is 2.18 bits per heavy atom. The molecular weight excluding hydrogens is 287 g/mol. The SMILES string of the molecule is Cc1ccc(F)cc1NC(=O)c1cc(Br)c[nH]1. The Kier molecular flexibility index (Phi) is 3.28. The summed E-state index contributed by atoms with van der Waals surface area (Å²) >= 11 is 3.24. The summed E-state index contributed by atoms with van der Waals surface area (Å²) in [6.45, 7) is 1.81. The van der Waals surface area contributed by atoms with Gasteiger partial charge in [0.15, 0.2) is 0 Å². The van der Waals surface area contributed by atoms with Gasteiger partial charge in [-0.15, -0.1) is 0 Å². The zero-order valence-electron chi connectivity index (χ0n) is 9.05. The maximum absolute atomic E-state index is 13.0. The van der Waals surface area contributed by atoms with Crippen molar-refractivity contribution in [2.24, 2.45) is 0 Å². The normalized spacial score (nSPS) is 10.3. The Hall–Kier alpha value is -1.62. The van der Waals surface area contributed by atoms with Crippen LogP contribution in [0.3, 0.4) is 0 Å². The van der Waals surface area contributed by atoms with Crippen molar-refractivity contribution in [3.05, 3.63) is 52.0 Å². The highest BCUT2D eigenvalue weighted by molar-refractivity contribution is 9.10. The van der Waals surface area contributed by atoms with E-state index in [-0.39, 0.29) is 11.7 Å². The third-order valence-corrected chi connectivity index (χ3v) is 2.80. The van der Waals surface area contributed by atoms with Gasteiger partial charge in [-0.25, -0.2) is 4.39 Å². The van der Waals surface area contributed by atoms with E-state index in [9.17, 15) is 9.18 Å². The van der Waals surface area contributed by atoms with Crippen molar-refractivity contribution in [2.75, 3.05) is 5.32 Å². The summed E-state index contributed by atoms with van der Waals surface area (Å²) in [4.78, 5) is 14.6. The van der Waals surface area contributed by atoms with Gasteiger partial charge in [-0.05, 0) is 46.6 Å². The Bertz CT molecular complexity index is 565. The summed E-state index contributed by atoms with van der Waals surface area (Å²) in [5.41, 5.74) is 1.70. The second-order valence-electron chi connectivity index (χ2n) is 3.64. The second kappa shape index (κ2) is 4.71. The van der Waals surface area contributed by atoms with Gasteiger partial charge < -0.3 is 10.3 Å². The largest absolute Gasteiger partial charge is 0.356 e. The van der Waals surface area contributed by atoms with Crippen LogP contribution in [0.4, 0.5) is 10.1 Å². The Morgan fingerprint density at radius 3 is 2.82 bits per heavy atom. The first kappa shape index (κ1) is 11.9. The first-order valence-electron chi connectivity index (χ1n) is 4.97. The van der Waals surface area contributed by atoms with Crippen LogP contribution in [-0.4, -0.2) is 10.9 Å². The molecule has 2 rings (SSSR count). The predicted octanol–water partition coefficient (Wildman–Crippen LogP) is 3.48. The van der Waals surface area contributed by atoms with Gasteiger partial charge in [0.25, 0.3) is 5.91 Å². The van der Waals surface area contributed by atoms with E-state index in [0.29, 0.717) is 11.4 Å². The highest BCUT2D eigenvalue weighted by Crippen LogP contribution is 2.18. The molecule has 1 amide bonds. The molecule has 2 aromatic rings. The van der Waals surface area contributed by atoms with E-state index in [1.807, 2.05) is 0 Å². The van der Waals surface area contributed by atoms with Gasteiger partial charge in [0.2, 0.25) is 0 Å². The van der Waals surface area contributed by atoms with E-state index in [0.717, 1.165) is 10.0 Å². The van der Waals surface area contributed by atoms with Crippen molar-refractivity contribution in [3.8, 4) is 0 Å². The lowest BCUT2D eigenvalue weighted by Gasteiger charge is -2.07. The molecule has 0 saturated carbocycles. The predicted molar refractivity (Wildman–Crippen MR) is 67.6 cm³/mol. The van der Waals surface area contributed by atoms with Gasteiger partial charge in [0.05, 0.1) is 0 Å². The van der Waals surface area contributed by atoms with Gasteiger partial charge in [-0.2, -0.15) is 0 Å². The number of carbonyl (C=O) groups excluding carboxylic acids is 1. The molecule has 0 radical (unpaired) electrons. The number of H-pyrrole nitrogens is 1. The van der Waals surface area contributed by atoms with E-state index in [1.165, 1.54) is 12.1 Å². The lowest BCUT2D eigenvalue weighted by Crippen LogP contribution is -2.13. The summed E-state index contributed by atoms with van der Waals surface area (Å²) in [6.07, 6.45) is 1.66. The molecule has 5 heteroatoms. The molecule has 0 saturated heterocycles. The first-order valence-corrected chi connectivity index (χ1v) is 5.77. The Morgan fingerprint density at radius 1 is 1.41 bits per heavy atom. The van der Waals surface area contributed by atoms with Crippen LogP contribution < -0.4 is 5.32 Å². The lowest BCUT2D eigenvalue weighted by molar-refractivity contribution is 0.102. The summed E-state index contributed by atoms with van der Waals surface area (Å²) in [7, 11) is 0. The number of aromatic nitrogens is 1. The molecule has 17 heavy (non-hydrogen) atoms. The van der Waals surface area contributed by atoms with Crippen LogP contribution in [-0.2, 0) is 0 Å². The van der Waals surface area contributed by atoms with Gasteiger partial charge in [0, 0.05) is 16.4 Å². The molecule has 2 N–H and O–H groups in total. The number of hydrogen-bond acceptors (Lipinski definition) is 1. The fourth-order valence-electron chi connectivity index (χ4n) is 1.42. The standard InChI is InChI=1S/C12H10BrFN2O/c1-7-2-3-9(14)5-10(7)16-12(17)11-4-8(13)6-15-11/h2-6,15H,1H3,(H,16,17). The minimum Gasteiger partial charge on any atom is -0.356 e. The molecule has 88 valence electrons. The maximum Gasteiger partial charge on any atom is 0.272 e. The second-order valence-corrected chi connectivity index (χ2v) is 4.56. The molecule has 1 aromatic heterocycles. The van der Waals surface area contributed by atoms with Gasteiger partial charge in [-0.3, -0.25) is 4.79 Å². The highest BCUT2D eigenvalue weighted by atomic mass is 79.9. The van der Waals surface area contributed by atoms with Crippen molar-refractivity contribution in [1.29, 1.82) is 0 Å². The van der Waals surface area contributed by atoms with E-state index in [2.05, 4.69) is 26.2 Å². The third kappa shape index (κ3) is 2.74. The number of anilines is 1. The number of aromatic amines is 1.